The lowest BCUT2D eigenvalue weighted by Gasteiger charge is -2.32. The summed E-state index contributed by atoms with van der Waals surface area (Å²) in [6, 6.07) is 8.82. The molecule has 1 aromatic carbocycles. The van der Waals surface area contributed by atoms with Crippen LogP contribution in [0.4, 0.5) is 11.4 Å². The molecule has 0 bridgehead atoms. The number of nitro benzene ring substituents is 1. The summed E-state index contributed by atoms with van der Waals surface area (Å²) < 4.78 is 5.33. The lowest BCUT2D eigenvalue weighted by Crippen LogP contribution is -2.41. The number of aromatic nitrogens is 1. The van der Waals surface area contributed by atoms with E-state index in [4.69, 9.17) is 10.00 Å². The third-order valence-electron chi connectivity index (χ3n) is 3.47. The average molecular weight is 284 g/mol. The van der Waals surface area contributed by atoms with E-state index < -0.39 is 11.0 Å². The highest BCUT2D eigenvalue weighted by atomic mass is 16.6. The number of hydrogen-bond donors (Lipinski definition) is 0. The Labute approximate surface area is 120 Å². The number of hydrogen-bond acceptors (Lipinski definition) is 6. The van der Waals surface area contributed by atoms with Gasteiger partial charge in [-0.1, -0.05) is 0 Å². The zero-order valence-electron chi connectivity index (χ0n) is 11.1. The van der Waals surface area contributed by atoms with Crippen molar-refractivity contribution >= 4 is 22.3 Å². The summed E-state index contributed by atoms with van der Waals surface area (Å²) in [5, 5.41) is 20.8. The van der Waals surface area contributed by atoms with Crippen LogP contribution in [0, 0.1) is 21.4 Å². The molecule has 0 amide bonds. The maximum absolute atomic E-state index is 11.1. The van der Waals surface area contributed by atoms with Crippen molar-refractivity contribution < 1.29 is 9.66 Å². The second kappa shape index (κ2) is 5.34. The van der Waals surface area contributed by atoms with Gasteiger partial charge in [-0.2, -0.15) is 5.26 Å². The van der Waals surface area contributed by atoms with Gasteiger partial charge in [-0.05, 0) is 18.2 Å². The first-order valence-electron chi connectivity index (χ1n) is 6.49. The fourth-order valence-corrected chi connectivity index (χ4v) is 2.51. The summed E-state index contributed by atoms with van der Waals surface area (Å²) >= 11 is 0. The van der Waals surface area contributed by atoms with E-state index in [1.807, 2.05) is 11.0 Å². The molecule has 1 atom stereocenters. The van der Waals surface area contributed by atoms with Crippen LogP contribution in [-0.2, 0) is 4.74 Å². The number of non-ortho nitro benzene ring substituents is 1. The van der Waals surface area contributed by atoms with E-state index in [9.17, 15) is 10.1 Å². The highest BCUT2D eigenvalue weighted by Crippen LogP contribution is 2.32. The lowest BCUT2D eigenvalue weighted by atomic mass is 10.1. The van der Waals surface area contributed by atoms with Gasteiger partial charge in [0.15, 0.2) is 6.10 Å². The fraction of sp³-hybridized carbons (Fsp3) is 0.286. The molecule has 2 aromatic rings. The number of nitro groups is 1. The SMILES string of the molecule is N#CC1CN(c2ccc([N+](=O)[O-])c3ncccc23)CCO1. The molecule has 0 saturated carbocycles. The smallest absolute Gasteiger partial charge is 0.295 e. The standard InChI is InChI=1S/C14H12N4O3/c15-8-10-9-17(6-7-21-10)12-3-4-13(18(19)20)14-11(12)2-1-5-16-14/h1-5,10H,6-7,9H2. The largest absolute Gasteiger partial charge is 0.365 e. The molecule has 106 valence electrons. The summed E-state index contributed by atoms with van der Waals surface area (Å²) in [6.45, 7) is 1.54. The monoisotopic (exact) mass is 284 g/mol. The summed E-state index contributed by atoms with van der Waals surface area (Å²) in [6.07, 6.45) is 1.05. The number of anilines is 1. The van der Waals surface area contributed by atoms with Gasteiger partial charge in [-0.15, -0.1) is 0 Å². The molecule has 1 aliphatic heterocycles. The van der Waals surface area contributed by atoms with E-state index in [0.29, 0.717) is 30.6 Å². The number of ether oxygens (including phenoxy) is 1. The van der Waals surface area contributed by atoms with Crippen molar-refractivity contribution in [2.24, 2.45) is 0 Å². The summed E-state index contributed by atoms with van der Waals surface area (Å²) in [4.78, 5) is 16.8. The molecule has 21 heavy (non-hydrogen) atoms. The molecule has 3 rings (SSSR count). The van der Waals surface area contributed by atoms with Gasteiger partial charge in [0.1, 0.15) is 5.52 Å². The Kier molecular flexibility index (Phi) is 3.38. The predicted molar refractivity (Wildman–Crippen MR) is 76.0 cm³/mol. The van der Waals surface area contributed by atoms with Gasteiger partial charge in [0.2, 0.25) is 0 Å². The molecule has 0 radical (unpaired) electrons. The molecule has 7 heteroatoms. The number of nitrogens with zero attached hydrogens (tertiary/aromatic N) is 4. The van der Waals surface area contributed by atoms with Crippen molar-refractivity contribution in [2.75, 3.05) is 24.6 Å². The van der Waals surface area contributed by atoms with Gasteiger partial charge in [0, 0.05) is 29.9 Å². The third kappa shape index (κ3) is 2.37. The minimum absolute atomic E-state index is 0.0144. The first-order valence-corrected chi connectivity index (χ1v) is 6.49. The van der Waals surface area contributed by atoms with Crippen molar-refractivity contribution in [1.29, 1.82) is 5.26 Å². The van der Waals surface area contributed by atoms with Gasteiger partial charge < -0.3 is 9.64 Å². The molecule has 1 fully saturated rings. The molecule has 1 unspecified atom stereocenters. The van der Waals surface area contributed by atoms with E-state index in [1.54, 1.807) is 12.1 Å². The van der Waals surface area contributed by atoms with E-state index in [0.717, 1.165) is 5.69 Å². The molecular weight excluding hydrogens is 272 g/mol. The summed E-state index contributed by atoms with van der Waals surface area (Å²) in [7, 11) is 0. The van der Waals surface area contributed by atoms with Crippen LogP contribution in [0.15, 0.2) is 30.5 Å². The maximum Gasteiger partial charge on any atom is 0.295 e. The highest BCUT2D eigenvalue weighted by molar-refractivity contribution is 5.97. The zero-order valence-corrected chi connectivity index (χ0v) is 11.1. The Morgan fingerprint density at radius 3 is 3.10 bits per heavy atom. The molecule has 7 nitrogen and oxygen atoms in total. The zero-order chi connectivity index (χ0) is 14.8. The summed E-state index contributed by atoms with van der Waals surface area (Å²) in [5.41, 5.74) is 1.19. The number of rotatable bonds is 2. The molecule has 0 N–H and O–H groups in total. The molecule has 1 aromatic heterocycles. The Morgan fingerprint density at radius 1 is 1.48 bits per heavy atom. The van der Waals surface area contributed by atoms with E-state index in [-0.39, 0.29) is 5.69 Å². The second-order valence-electron chi connectivity index (χ2n) is 4.70. The fourth-order valence-electron chi connectivity index (χ4n) is 2.51. The normalized spacial score (nSPS) is 18.4. The third-order valence-corrected chi connectivity index (χ3v) is 3.47. The van der Waals surface area contributed by atoms with Gasteiger partial charge in [-0.3, -0.25) is 10.1 Å². The van der Waals surface area contributed by atoms with Crippen LogP contribution in [0.1, 0.15) is 0 Å². The number of nitriles is 1. The lowest BCUT2D eigenvalue weighted by molar-refractivity contribution is -0.383. The van der Waals surface area contributed by atoms with Crippen LogP contribution in [0.2, 0.25) is 0 Å². The molecule has 0 aliphatic carbocycles. The Morgan fingerprint density at radius 2 is 2.33 bits per heavy atom. The van der Waals surface area contributed by atoms with Gasteiger partial charge in [0.25, 0.3) is 5.69 Å². The van der Waals surface area contributed by atoms with Crippen LogP contribution in [-0.4, -0.2) is 35.7 Å². The van der Waals surface area contributed by atoms with E-state index in [1.165, 1.54) is 12.3 Å². The quantitative estimate of drug-likeness (QED) is 0.617. The van der Waals surface area contributed by atoms with Crippen LogP contribution in [0.5, 0.6) is 0 Å². The van der Waals surface area contributed by atoms with Crippen LogP contribution < -0.4 is 4.90 Å². The topological polar surface area (TPSA) is 92.3 Å². The minimum atomic E-state index is -0.485. The predicted octanol–water partition coefficient (Wildman–Crippen LogP) is 1.87. The Bertz CT molecular complexity index is 741. The number of benzene rings is 1. The maximum atomic E-state index is 11.1. The molecule has 1 aliphatic rings. The van der Waals surface area contributed by atoms with Crippen molar-refractivity contribution in [1.82, 2.24) is 4.98 Å². The van der Waals surface area contributed by atoms with E-state index >= 15 is 0 Å². The molecule has 2 heterocycles. The first-order chi connectivity index (χ1) is 10.2. The number of morpholine rings is 1. The van der Waals surface area contributed by atoms with Crippen molar-refractivity contribution in [3.63, 3.8) is 0 Å². The van der Waals surface area contributed by atoms with E-state index in [2.05, 4.69) is 11.1 Å². The van der Waals surface area contributed by atoms with Crippen molar-refractivity contribution in [2.45, 2.75) is 6.10 Å². The number of fused-ring (bicyclic) bond motifs is 1. The second-order valence-corrected chi connectivity index (χ2v) is 4.70. The first kappa shape index (κ1) is 13.3. The minimum Gasteiger partial charge on any atom is -0.365 e. The Hall–Kier alpha value is -2.72. The van der Waals surface area contributed by atoms with Crippen molar-refractivity contribution in [3.05, 3.63) is 40.6 Å². The van der Waals surface area contributed by atoms with Crippen LogP contribution in [0.3, 0.4) is 0 Å². The number of pyridine rings is 1. The summed E-state index contributed by atoms with van der Waals surface area (Å²) in [5.74, 6) is 0. The van der Waals surface area contributed by atoms with Gasteiger partial charge in [-0.25, -0.2) is 4.98 Å². The molecular formula is C14H12N4O3. The van der Waals surface area contributed by atoms with Crippen LogP contribution in [0.25, 0.3) is 10.9 Å². The highest BCUT2D eigenvalue weighted by Gasteiger charge is 2.24. The Balaban J connectivity index is 2.10. The average Bonchev–Trinajstić information content (AvgIpc) is 2.53. The van der Waals surface area contributed by atoms with Gasteiger partial charge in [0.05, 0.1) is 24.1 Å². The van der Waals surface area contributed by atoms with Crippen molar-refractivity contribution in [3.8, 4) is 6.07 Å². The molecule has 0 spiro atoms. The van der Waals surface area contributed by atoms with Gasteiger partial charge >= 0.3 is 0 Å². The van der Waals surface area contributed by atoms with Crippen LogP contribution >= 0.6 is 0 Å². The molecule has 1 saturated heterocycles.